The summed E-state index contributed by atoms with van der Waals surface area (Å²) in [7, 11) is -3.64. The number of fused-ring (bicyclic) bond motifs is 1. The van der Waals surface area contributed by atoms with E-state index in [9.17, 15) is 26.0 Å². The highest BCUT2D eigenvalue weighted by Crippen LogP contribution is 2.48. The molecule has 12 heteroatoms. The second-order valence-corrected chi connectivity index (χ2v) is 13.2. The van der Waals surface area contributed by atoms with Crippen molar-refractivity contribution in [1.29, 1.82) is 0 Å². The molecule has 2 aliphatic carbocycles. The third-order valence-corrected chi connectivity index (χ3v) is 9.38. The smallest absolute Gasteiger partial charge is 0.259 e. The molecule has 8 nitrogen and oxygen atoms in total. The quantitative estimate of drug-likeness (QED) is 0.225. The van der Waals surface area contributed by atoms with Gasteiger partial charge >= 0.3 is 0 Å². The molecule has 0 radical (unpaired) electrons. The lowest BCUT2D eigenvalue weighted by Crippen LogP contribution is -2.18. The number of pyridine rings is 1. The summed E-state index contributed by atoms with van der Waals surface area (Å²) >= 11 is -2.43. The first-order valence-corrected chi connectivity index (χ1v) is 16.6. The fourth-order valence-corrected chi connectivity index (χ4v) is 6.74. The number of nitrogens with zero attached hydrogens (tertiary/aromatic N) is 1. The molecular weight excluding hydrogens is 572 g/mol. The molecule has 1 heterocycles. The van der Waals surface area contributed by atoms with Crippen molar-refractivity contribution < 1.29 is 30.7 Å². The Hall–Kier alpha value is -3.09. The lowest BCUT2D eigenvalue weighted by Gasteiger charge is -2.29. The number of halogens is 2. The van der Waals surface area contributed by atoms with E-state index < -0.39 is 32.9 Å². The summed E-state index contributed by atoms with van der Waals surface area (Å²) in [6.45, 7) is 1.52. The molecule has 0 saturated heterocycles. The van der Waals surface area contributed by atoms with E-state index in [1.165, 1.54) is 25.1 Å². The SMILES string of the molecule is CCS(=O)(=O)Nc1ccc(Oc2ccc(F)cc2F)c(-c2c3c(nc(C4CCCCC4)c2NS(=O)O)CCCC3)c1. The standard InChI is InChI=1S/C29H33F2N3O5S2/c1-2-41(37,38)34-20-13-15-25(39-26-14-12-19(30)16-23(26)31)22(17-20)27-21-10-6-7-11-24(21)32-28(29(27)33-40(35)36)18-8-4-3-5-9-18/h12-18,33-34H,2-11H2,1H3,(H,35,36). The zero-order valence-electron chi connectivity index (χ0n) is 22.7. The number of hydrogen-bond donors (Lipinski definition) is 3. The molecule has 1 atom stereocenters. The summed E-state index contributed by atoms with van der Waals surface area (Å²) in [6, 6.07) is 7.58. The van der Waals surface area contributed by atoms with Crippen molar-refractivity contribution in [2.75, 3.05) is 15.2 Å². The molecule has 1 saturated carbocycles. The van der Waals surface area contributed by atoms with Crippen molar-refractivity contribution in [3.8, 4) is 22.6 Å². The first kappa shape index (κ1) is 29.4. The molecule has 3 aromatic rings. The minimum Gasteiger partial charge on any atom is -0.454 e. The zero-order chi connectivity index (χ0) is 29.1. The first-order valence-electron chi connectivity index (χ1n) is 13.9. The van der Waals surface area contributed by atoms with E-state index in [-0.39, 0.29) is 28.9 Å². The second-order valence-electron chi connectivity index (χ2n) is 10.5. The molecule has 41 heavy (non-hydrogen) atoms. The predicted octanol–water partition coefficient (Wildman–Crippen LogP) is 7.06. The highest BCUT2D eigenvalue weighted by atomic mass is 32.2. The van der Waals surface area contributed by atoms with Gasteiger partial charge in [-0.1, -0.05) is 19.3 Å². The number of benzene rings is 2. The van der Waals surface area contributed by atoms with Gasteiger partial charge in [-0.3, -0.25) is 19.0 Å². The molecule has 0 spiro atoms. The van der Waals surface area contributed by atoms with Gasteiger partial charge in [-0.05, 0) is 81.3 Å². The summed E-state index contributed by atoms with van der Waals surface area (Å²) in [5, 5.41) is 0. The van der Waals surface area contributed by atoms with Gasteiger partial charge in [-0.15, -0.1) is 0 Å². The molecular formula is C29H33F2N3O5S2. The van der Waals surface area contributed by atoms with E-state index >= 15 is 0 Å². The van der Waals surface area contributed by atoms with Gasteiger partial charge in [0.25, 0.3) is 11.3 Å². The van der Waals surface area contributed by atoms with Crippen LogP contribution in [-0.2, 0) is 34.1 Å². The predicted molar refractivity (Wildman–Crippen MR) is 156 cm³/mol. The number of ether oxygens (including phenoxy) is 1. The Balaban J connectivity index is 1.78. The molecule has 1 fully saturated rings. The van der Waals surface area contributed by atoms with Crippen molar-refractivity contribution >= 4 is 32.7 Å². The Kier molecular flexibility index (Phi) is 8.91. The fraction of sp³-hybridized carbons (Fsp3) is 0.414. The molecule has 0 amide bonds. The van der Waals surface area contributed by atoms with Crippen LogP contribution in [0.4, 0.5) is 20.2 Å². The van der Waals surface area contributed by atoms with E-state index in [1.807, 2.05) is 0 Å². The topological polar surface area (TPSA) is 118 Å². The van der Waals surface area contributed by atoms with Gasteiger partial charge in [0.1, 0.15) is 11.6 Å². The average molecular weight is 606 g/mol. The molecule has 2 aromatic carbocycles. The zero-order valence-corrected chi connectivity index (χ0v) is 24.3. The first-order chi connectivity index (χ1) is 19.6. The van der Waals surface area contributed by atoms with Gasteiger partial charge in [0, 0.05) is 34.5 Å². The number of sulfonamides is 1. The van der Waals surface area contributed by atoms with Gasteiger partial charge in [0.2, 0.25) is 10.0 Å². The maximum Gasteiger partial charge on any atom is 0.259 e. The summed E-state index contributed by atoms with van der Waals surface area (Å²) in [6.07, 6.45) is 8.13. The monoisotopic (exact) mass is 605 g/mol. The summed E-state index contributed by atoms with van der Waals surface area (Å²) in [4.78, 5) is 5.05. The van der Waals surface area contributed by atoms with Gasteiger partial charge in [-0.2, -0.15) is 0 Å². The molecule has 220 valence electrons. The number of rotatable bonds is 9. The Morgan fingerprint density at radius 2 is 1.76 bits per heavy atom. The third-order valence-electron chi connectivity index (χ3n) is 7.70. The molecule has 1 aromatic heterocycles. The highest BCUT2D eigenvalue weighted by Gasteiger charge is 2.30. The lowest BCUT2D eigenvalue weighted by atomic mass is 9.81. The Morgan fingerprint density at radius 1 is 1.02 bits per heavy atom. The maximum absolute atomic E-state index is 14.7. The molecule has 2 aliphatic rings. The van der Waals surface area contributed by atoms with Crippen LogP contribution in [0, 0.1) is 11.6 Å². The van der Waals surface area contributed by atoms with Crippen LogP contribution >= 0.6 is 0 Å². The highest BCUT2D eigenvalue weighted by molar-refractivity contribution is 7.92. The largest absolute Gasteiger partial charge is 0.454 e. The average Bonchev–Trinajstić information content (AvgIpc) is 2.95. The molecule has 0 bridgehead atoms. The Bertz CT molecular complexity index is 1580. The molecule has 5 rings (SSSR count). The minimum absolute atomic E-state index is 0.0708. The molecule has 3 N–H and O–H groups in total. The van der Waals surface area contributed by atoms with Crippen LogP contribution in [0.25, 0.3) is 11.1 Å². The van der Waals surface area contributed by atoms with Crippen LogP contribution in [0.15, 0.2) is 36.4 Å². The summed E-state index contributed by atoms with van der Waals surface area (Å²) < 4.78 is 86.8. The van der Waals surface area contributed by atoms with E-state index in [4.69, 9.17) is 9.72 Å². The number of hydrogen-bond acceptors (Lipinski definition) is 5. The van der Waals surface area contributed by atoms with Gasteiger partial charge in [-0.25, -0.2) is 21.4 Å². The van der Waals surface area contributed by atoms with Crippen molar-refractivity contribution in [2.45, 2.75) is 70.6 Å². The molecule has 0 aliphatic heterocycles. The van der Waals surface area contributed by atoms with Crippen LogP contribution < -0.4 is 14.2 Å². The number of aryl methyl sites for hydroxylation is 1. The summed E-state index contributed by atoms with van der Waals surface area (Å²) in [5.74, 6) is -1.77. The van der Waals surface area contributed by atoms with Gasteiger partial charge < -0.3 is 4.74 Å². The summed E-state index contributed by atoms with van der Waals surface area (Å²) in [5.41, 5.74) is 4.07. The van der Waals surface area contributed by atoms with Crippen LogP contribution in [0.2, 0.25) is 0 Å². The van der Waals surface area contributed by atoms with Crippen molar-refractivity contribution in [1.82, 2.24) is 4.98 Å². The second kappa shape index (κ2) is 12.4. The van der Waals surface area contributed by atoms with Crippen LogP contribution in [0.1, 0.15) is 74.7 Å². The van der Waals surface area contributed by atoms with Crippen molar-refractivity contribution in [3.05, 3.63) is 65.0 Å². The molecule has 1 unspecified atom stereocenters. The van der Waals surface area contributed by atoms with Gasteiger partial charge in [0.15, 0.2) is 11.6 Å². The van der Waals surface area contributed by atoms with Crippen LogP contribution in [-0.4, -0.2) is 27.9 Å². The Morgan fingerprint density at radius 3 is 2.46 bits per heavy atom. The van der Waals surface area contributed by atoms with Crippen molar-refractivity contribution in [2.24, 2.45) is 0 Å². The van der Waals surface area contributed by atoms with Crippen LogP contribution in [0.3, 0.4) is 0 Å². The minimum atomic E-state index is -3.64. The van der Waals surface area contributed by atoms with Gasteiger partial charge in [0.05, 0.1) is 17.1 Å². The maximum atomic E-state index is 14.7. The third kappa shape index (κ3) is 6.70. The number of nitrogens with one attached hydrogen (secondary N) is 2. The number of anilines is 2. The van der Waals surface area contributed by atoms with E-state index in [1.54, 1.807) is 6.07 Å². The Labute approximate surface area is 241 Å². The van der Waals surface area contributed by atoms with E-state index in [0.29, 0.717) is 28.9 Å². The normalized spacial score (nSPS) is 16.6. The lowest BCUT2D eigenvalue weighted by molar-refractivity contribution is 0.435. The van der Waals surface area contributed by atoms with E-state index in [2.05, 4.69) is 9.44 Å². The fourth-order valence-electron chi connectivity index (χ4n) is 5.73. The van der Waals surface area contributed by atoms with E-state index in [0.717, 1.165) is 74.8 Å². The van der Waals surface area contributed by atoms with Crippen molar-refractivity contribution in [3.63, 3.8) is 0 Å². The number of aromatic nitrogens is 1. The van der Waals surface area contributed by atoms with Crippen LogP contribution in [0.5, 0.6) is 11.5 Å².